The quantitative estimate of drug-likeness (QED) is 0.255. The van der Waals surface area contributed by atoms with Crippen LogP contribution in [0.1, 0.15) is 56.6 Å². The van der Waals surface area contributed by atoms with Crippen LogP contribution in [0.3, 0.4) is 0 Å². The van der Waals surface area contributed by atoms with E-state index in [2.05, 4.69) is 6.92 Å². The molecule has 0 unspecified atom stereocenters. The van der Waals surface area contributed by atoms with Crippen molar-refractivity contribution in [3.63, 3.8) is 0 Å². The summed E-state index contributed by atoms with van der Waals surface area (Å²) in [6.45, 7) is 4.20. The third-order valence-electron chi connectivity index (χ3n) is 5.62. The number of benzene rings is 3. The molecule has 0 atom stereocenters. The van der Waals surface area contributed by atoms with Crippen molar-refractivity contribution in [2.45, 2.75) is 59.0 Å². The molecule has 0 spiro atoms. The average molecular weight is 457 g/mol. The summed E-state index contributed by atoms with van der Waals surface area (Å²) in [5, 5.41) is 0. The van der Waals surface area contributed by atoms with Gasteiger partial charge in [0.25, 0.3) is 0 Å². The molecule has 3 aromatic carbocycles. The summed E-state index contributed by atoms with van der Waals surface area (Å²) in [5.74, 6) is -1.11. The van der Waals surface area contributed by atoms with Crippen LogP contribution in [-0.4, -0.2) is 6.61 Å². The second-order valence-electron chi connectivity index (χ2n) is 8.24. The number of ether oxygens (including phenoxy) is 2. The molecule has 0 radical (unpaired) electrons. The molecule has 0 fully saturated rings. The molecule has 5 heteroatoms. The van der Waals surface area contributed by atoms with Gasteiger partial charge < -0.3 is 9.47 Å². The molecule has 0 N–H and O–H groups in total. The van der Waals surface area contributed by atoms with Gasteiger partial charge in [0, 0.05) is 17.2 Å². The molecule has 0 bridgehead atoms. The Morgan fingerprint density at radius 2 is 1.39 bits per heavy atom. The molecule has 0 amide bonds. The van der Waals surface area contributed by atoms with Crippen LogP contribution < -0.4 is 9.47 Å². The first kappa shape index (κ1) is 24.7. The lowest BCUT2D eigenvalue weighted by molar-refractivity contribution is 0.297. The lowest BCUT2D eigenvalue weighted by atomic mass is 10.0. The van der Waals surface area contributed by atoms with E-state index in [0.717, 1.165) is 12.8 Å². The Kier molecular flexibility index (Phi) is 9.23. The van der Waals surface area contributed by atoms with Crippen LogP contribution in [0.25, 0.3) is 11.1 Å². The second kappa shape index (κ2) is 12.3. The lowest BCUT2D eigenvalue weighted by Gasteiger charge is -2.11. The van der Waals surface area contributed by atoms with E-state index in [9.17, 15) is 13.2 Å². The van der Waals surface area contributed by atoms with Crippen LogP contribution >= 0.6 is 0 Å². The number of rotatable bonds is 12. The highest BCUT2D eigenvalue weighted by Gasteiger charge is 2.12. The van der Waals surface area contributed by atoms with Gasteiger partial charge in [-0.15, -0.1) is 0 Å². The van der Waals surface area contributed by atoms with Crippen LogP contribution in [0.2, 0.25) is 0 Å². The molecule has 0 aliphatic rings. The minimum atomic E-state index is -0.896. The first-order valence-electron chi connectivity index (χ1n) is 11.6. The normalized spacial score (nSPS) is 10.9. The fourth-order valence-corrected chi connectivity index (χ4v) is 3.58. The Labute approximate surface area is 194 Å². The van der Waals surface area contributed by atoms with Gasteiger partial charge in [0.2, 0.25) is 0 Å². The smallest absolute Gasteiger partial charge is 0.165 e. The van der Waals surface area contributed by atoms with Crippen molar-refractivity contribution in [3.8, 4) is 22.6 Å². The molecule has 0 aromatic heterocycles. The number of hydrogen-bond donors (Lipinski definition) is 0. The van der Waals surface area contributed by atoms with Gasteiger partial charge in [-0.1, -0.05) is 63.3 Å². The maximum absolute atomic E-state index is 14.6. The van der Waals surface area contributed by atoms with Crippen molar-refractivity contribution >= 4 is 0 Å². The molecule has 3 rings (SSSR count). The molecule has 3 aromatic rings. The highest BCUT2D eigenvalue weighted by Crippen LogP contribution is 2.28. The van der Waals surface area contributed by atoms with E-state index >= 15 is 0 Å². The standard InChI is InChI=1S/C28H31F3O2/c1-3-4-5-6-7-8-17-32-24-15-16-25(26(29)18-24)21-11-13-23(14-12-21)33-19-22-10-9-20(2)27(30)28(22)31/h9-16,18H,3-8,17,19H2,1-2H3. The van der Waals surface area contributed by atoms with Gasteiger partial charge in [-0.2, -0.15) is 0 Å². The molecule has 0 heterocycles. The fourth-order valence-electron chi connectivity index (χ4n) is 3.58. The molecule has 176 valence electrons. The van der Waals surface area contributed by atoms with Gasteiger partial charge in [-0.3, -0.25) is 0 Å². The average Bonchev–Trinajstić information content (AvgIpc) is 2.82. The minimum Gasteiger partial charge on any atom is -0.493 e. The molecule has 0 saturated carbocycles. The summed E-state index contributed by atoms with van der Waals surface area (Å²) in [7, 11) is 0. The molecular formula is C28H31F3O2. The SMILES string of the molecule is CCCCCCCCOc1ccc(-c2ccc(OCc3ccc(C)c(F)c3F)cc2)c(F)c1. The maximum atomic E-state index is 14.6. The van der Waals surface area contributed by atoms with Crippen LogP contribution in [0.15, 0.2) is 54.6 Å². The van der Waals surface area contributed by atoms with Crippen molar-refractivity contribution in [2.75, 3.05) is 6.61 Å². The van der Waals surface area contributed by atoms with Gasteiger partial charge in [-0.25, -0.2) is 13.2 Å². The monoisotopic (exact) mass is 456 g/mol. The highest BCUT2D eigenvalue weighted by atomic mass is 19.2. The van der Waals surface area contributed by atoms with Gasteiger partial charge in [-0.05, 0) is 48.7 Å². The Morgan fingerprint density at radius 1 is 0.697 bits per heavy atom. The minimum absolute atomic E-state index is 0.0959. The number of hydrogen-bond acceptors (Lipinski definition) is 2. The molecule has 0 aliphatic carbocycles. The first-order valence-corrected chi connectivity index (χ1v) is 11.6. The predicted octanol–water partition coefficient (Wildman–Crippen LogP) is 8.40. The highest BCUT2D eigenvalue weighted by molar-refractivity contribution is 5.65. The zero-order valence-corrected chi connectivity index (χ0v) is 19.3. The predicted molar refractivity (Wildman–Crippen MR) is 126 cm³/mol. The summed E-state index contributed by atoms with van der Waals surface area (Å²) < 4.78 is 53.6. The molecule has 0 aliphatic heterocycles. The van der Waals surface area contributed by atoms with Gasteiger partial charge in [0.05, 0.1) is 6.61 Å². The third-order valence-corrected chi connectivity index (χ3v) is 5.62. The van der Waals surface area contributed by atoms with Crippen molar-refractivity contribution in [3.05, 3.63) is 83.2 Å². The zero-order chi connectivity index (χ0) is 23.6. The van der Waals surface area contributed by atoms with Crippen molar-refractivity contribution in [1.82, 2.24) is 0 Å². The molecular weight excluding hydrogens is 425 g/mol. The van der Waals surface area contributed by atoms with Gasteiger partial charge >= 0.3 is 0 Å². The summed E-state index contributed by atoms with van der Waals surface area (Å²) in [5.41, 5.74) is 1.54. The summed E-state index contributed by atoms with van der Waals surface area (Å²) >= 11 is 0. The Hall–Kier alpha value is -2.95. The Balaban J connectivity index is 1.53. The topological polar surface area (TPSA) is 18.5 Å². The van der Waals surface area contributed by atoms with Crippen molar-refractivity contribution in [2.24, 2.45) is 0 Å². The van der Waals surface area contributed by atoms with E-state index in [1.54, 1.807) is 36.4 Å². The van der Waals surface area contributed by atoms with Crippen molar-refractivity contribution in [1.29, 1.82) is 0 Å². The Bertz CT molecular complexity index is 1030. The second-order valence-corrected chi connectivity index (χ2v) is 8.24. The van der Waals surface area contributed by atoms with Gasteiger partial charge in [0.15, 0.2) is 11.6 Å². The van der Waals surface area contributed by atoms with E-state index in [-0.39, 0.29) is 23.6 Å². The molecule has 2 nitrogen and oxygen atoms in total. The Morgan fingerprint density at radius 3 is 2.12 bits per heavy atom. The number of aryl methyl sites for hydroxylation is 1. The zero-order valence-electron chi connectivity index (χ0n) is 19.3. The lowest BCUT2D eigenvalue weighted by Crippen LogP contribution is -2.02. The summed E-state index contributed by atoms with van der Waals surface area (Å²) in [6.07, 6.45) is 7.05. The van der Waals surface area contributed by atoms with Crippen LogP contribution in [0, 0.1) is 24.4 Å². The van der Waals surface area contributed by atoms with E-state index in [1.165, 1.54) is 50.8 Å². The third kappa shape index (κ3) is 7.01. The molecule has 0 saturated heterocycles. The van der Waals surface area contributed by atoms with E-state index < -0.39 is 11.6 Å². The van der Waals surface area contributed by atoms with E-state index in [4.69, 9.17) is 9.47 Å². The molecule has 33 heavy (non-hydrogen) atoms. The van der Waals surface area contributed by atoms with Crippen LogP contribution in [0.4, 0.5) is 13.2 Å². The van der Waals surface area contributed by atoms with Crippen molar-refractivity contribution < 1.29 is 22.6 Å². The number of halogens is 3. The summed E-state index contributed by atoms with van der Waals surface area (Å²) in [4.78, 5) is 0. The van der Waals surface area contributed by atoms with E-state index in [1.807, 2.05) is 0 Å². The maximum Gasteiger partial charge on any atom is 0.165 e. The first-order chi connectivity index (χ1) is 16.0. The van der Waals surface area contributed by atoms with Gasteiger partial charge in [0.1, 0.15) is 23.9 Å². The number of unbranched alkanes of at least 4 members (excludes halogenated alkanes) is 5. The van der Waals surface area contributed by atoms with E-state index in [0.29, 0.717) is 29.2 Å². The summed E-state index contributed by atoms with van der Waals surface area (Å²) in [6, 6.07) is 14.7. The van der Waals surface area contributed by atoms with Crippen LogP contribution in [-0.2, 0) is 6.61 Å². The van der Waals surface area contributed by atoms with Crippen LogP contribution in [0.5, 0.6) is 11.5 Å². The fraction of sp³-hybridized carbons (Fsp3) is 0.357. The largest absolute Gasteiger partial charge is 0.493 e.